The van der Waals surface area contributed by atoms with Crippen LogP contribution >= 0.6 is 23.7 Å². The van der Waals surface area contributed by atoms with Gasteiger partial charge in [0.05, 0.1) is 12.1 Å². The predicted molar refractivity (Wildman–Crippen MR) is 79.8 cm³/mol. The quantitative estimate of drug-likeness (QED) is 0.892. The first-order valence-corrected chi connectivity index (χ1v) is 7.18. The molecule has 0 radical (unpaired) electrons. The molecular weight excluding hydrogens is 284 g/mol. The fraction of sp³-hybridized carbons (Fsp3) is 0.615. The number of amides is 1. The maximum absolute atomic E-state index is 12.1. The number of nitrogens with two attached hydrogens (primary N) is 1. The average Bonchev–Trinajstić information content (AvgIpc) is 2.84. The summed E-state index contributed by atoms with van der Waals surface area (Å²) in [5, 5.41) is 2.94. The van der Waals surface area contributed by atoms with Gasteiger partial charge in [0, 0.05) is 23.0 Å². The van der Waals surface area contributed by atoms with Crippen LogP contribution in [0, 0.1) is 0 Å². The van der Waals surface area contributed by atoms with Crippen molar-refractivity contribution in [2.75, 3.05) is 13.2 Å². The topological polar surface area (TPSA) is 64.4 Å². The molecule has 0 aromatic carbocycles. The van der Waals surface area contributed by atoms with E-state index in [1.165, 1.54) is 9.75 Å². The molecule has 1 amide bonds. The molecule has 4 nitrogen and oxygen atoms in total. The minimum absolute atomic E-state index is 0. The summed E-state index contributed by atoms with van der Waals surface area (Å²) in [6.07, 6.45) is 2.24. The van der Waals surface area contributed by atoms with E-state index in [4.69, 9.17) is 10.5 Å². The van der Waals surface area contributed by atoms with Crippen LogP contribution < -0.4 is 11.1 Å². The van der Waals surface area contributed by atoms with E-state index < -0.39 is 5.54 Å². The molecule has 2 heterocycles. The number of ether oxygens (including phenoxy) is 1. The van der Waals surface area contributed by atoms with Crippen molar-refractivity contribution in [3.63, 3.8) is 0 Å². The molecule has 1 fully saturated rings. The Labute approximate surface area is 124 Å². The van der Waals surface area contributed by atoms with Gasteiger partial charge in [-0.15, -0.1) is 23.7 Å². The first kappa shape index (κ1) is 16.4. The van der Waals surface area contributed by atoms with E-state index in [0.717, 1.165) is 6.42 Å². The second-order valence-electron chi connectivity index (χ2n) is 4.67. The van der Waals surface area contributed by atoms with Crippen LogP contribution in [-0.4, -0.2) is 24.7 Å². The molecular formula is C13H21ClN2O2S. The first-order valence-electron chi connectivity index (χ1n) is 6.36. The van der Waals surface area contributed by atoms with Gasteiger partial charge in [-0.1, -0.05) is 6.92 Å². The van der Waals surface area contributed by atoms with Gasteiger partial charge in [-0.05, 0) is 31.4 Å². The monoisotopic (exact) mass is 304 g/mol. The van der Waals surface area contributed by atoms with Gasteiger partial charge in [0.2, 0.25) is 5.91 Å². The zero-order chi connectivity index (χ0) is 13.0. The molecule has 108 valence electrons. The van der Waals surface area contributed by atoms with E-state index in [1.807, 2.05) is 0 Å². The van der Waals surface area contributed by atoms with Crippen molar-refractivity contribution in [1.29, 1.82) is 0 Å². The Morgan fingerprint density at radius 1 is 1.42 bits per heavy atom. The second kappa shape index (κ2) is 7.24. The number of carbonyl (C=O) groups excluding carboxylic acids is 1. The van der Waals surface area contributed by atoms with E-state index in [1.54, 1.807) is 11.3 Å². The third-order valence-electron chi connectivity index (χ3n) is 3.33. The Hall–Kier alpha value is -0.620. The third-order valence-corrected chi connectivity index (χ3v) is 4.56. The average molecular weight is 305 g/mol. The van der Waals surface area contributed by atoms with Gasteiger partial charge in [0.25, 0.3) is 0 Å². The fourth-order valence-electron chi connectivity index (χ4n) is 2.01. The Morgan fingerprint density at radius 2 is 2.05 bits per heavy atom. The van der Waals surface area contributed by atoms with Gasteiger partial charge in [0.15, 0.2) is 0 Å². The first-order chi connectivity index (χ1) is 8.64. The van der Waals surface area contributed by atoms with Gasteiger partial charge >= 0.3 is 0 Å². The molecule has 3 N–H and O–H groups in total. The van der Waals surface area contributed by atoms with E-state index in [9.17, 15) is 4.79 Å². The summed E-state index contributed by atoms with van der Waals surface area (Å²) in [6, 6.07) is 4.18. The van der Waals surface area contributed by atoms with E-state index in [-0.39, 0.29) is 18.3 Å². The minimum atomic E-state index is -0.747. The van der Waals surface area contributed by atoms with Crippen LogP contribution in [0.1, 0.15) is 29.5 Å². The van der Waals surface area contributed by atoms with E-state index in [2.05, 4.69) is 24.4 Å². The molecule has 1 aliphatic rings. The Balaban J connectivity index is 0.00000180. The summed E-state index contributed by atoms with van der Waals surface area (Å²) in [5.74, 6) is -0.0581. The standard InChI is InChI=1S/C13H20N2O2S.ClH/c1-2-10-3-4-11(18-10)9-15-12(16)13(14)5-7-17-8-6-13;/h3-4H,2,5-9,14H2,1H3,(H,15,16);1H. The lowest BCUT2D eigenvalue weighted by atomic mass is 9.90. The second-order valence-corrected chi connectivity index (χ2v) is 5.93. The number of aryl methyl sites for hydroxylation is 1. The summed E-state index contributed by atoms with van der Waals surface area (Å²) < 4.78 is 5.24. The van der Waals surface area contributed by atoms with Crippen LogP contribution in [0.3, 0.4) is 0 Å². The highest BCUT2D eigenvalue weighted by molar-refractivity contribution is 7.11. The van der Waals surface area contributed by atoms with Crippen molar-refractivity contribution < 1.29 is 9.53 Å². The van der Waals surface area contributed by atoms with E-state index in [0.29, 0.717) is 32.6 Å². The summed E-state index contributed by atoms with van der Waals surface area (Å²) in [7, 11) is 0. The molecule has 19 heavy (non-hydrogen) atoms. The summed E-state index contributed by atoms with van der Waals surface area (Å²) in [4.78, 5) is 14.6. The lowest BCUT2D eigenvalue weighted by Gasteiger charge is -2.31. The number of nitrogens with one attached hydrogen (secondary N) is 1. The number of carbonyl (C=O) groups is 1. The van der Waals surface area contributed by atoms with Crippen LogP contribution in [-0.2, 0) is 22.5 Å². The summed E-state index contributed by atoms with van der Waals surface area (Å²) >= 11 is 1.74. The Kier molecular flexibility index (Phi) is 6.26. The zero-order valence-electron chi connectivity index (χ0n) is 11.1. The van der Waals surface area contributed by atoms with Crippen molar-refractivity contribution in [2.45, 2.75) is 38.3 Å². The van der Waals surface area contributed by atoms with Crippen LogP contribution in [0.5, 0.6) is 0 Å². The molecule has 0 atom stereocenters. The van der Waals surface area contributed by atoms with Gasteiger partial charge in [-0.25, -0.2) is 0 Å². The zero-order valence-corrected chi connectivity index (χ0v) is 12.7. The highest BCUT2D eigenvalue weighted by atomic mass is 35.5. The lowest BCUT2D eigenvalue weighted by Crippen LogP contribution is -2.56. The minimum Gasteiger partial charge on any atom is -0.381 e. The predicted octanol–water partition coefficient (Wildman–Crippen LogP) is 1.86. The summed E-state index contributed by atoms with van der Waals surface area (Å²) in [6.45, 7) is 3.85. The molecule has 0 saturated carbocycles. The normalized spacial score (nSPS) is 17.6. The largest absolute Gasteiger partial charge is 0.381 e. The van der Waals surface area contributed by atoms with Crippen LogP contribution in [0.2, 0.25) is 0 Å². The molecule has 1 saturated heterocycles. The van der Waals surface area contributed by atoms with Crippen LogP contribution in [0.25, 0.3) is 0 Å². The molecule has 1 aliphatic heterocycles. The molecule has 1 aromatic heterocycles. The van der Waals surface area contributed by atoms with Crippen molar-refractivity contribution in [1.82, 2.24) is 5.32 Å². The van der Waals surface area contributed by atoms with Gasteiger partial charge in [-0.2, -0.15) is 0 Å². The third kappa shape index (κ3) is 4.18. The maximum Gasteiger partial charge on any atom is 0.240 e. The summed E-state index contributed by atoms with van der Waals surface area (Å²) in [5.41, 5.74) is 5.36. The highest BCUT2D eigenvalue weighted by Crippen LogP contribution is 2.19. The molecule has 0 unspecified atom stereocenters. The molecule has 1 aromatic rings. The highest BCUT2D eigenvalue weighted by Gasteiger charge is 2.35. The number of rotatable bonds is 4. The number of hydrogen-bond donors (Lipinski definition) is 2. The van der Waals surface area contributed by atoms with Crippen molar-refractivity contribution in [3.05, 3.63) is 21.9 Å². The molecule has 2 rings (SSSR count). The molecule has 0 aliphatic carbocycles. The number of halogens is 1. The fourth-order valence-corrected chi connectivity index (χ4v) is 2.91. The van der Waals surface area contributed by atoms with Crippen molar-refractivity contribution >= 4 is 29.7 Å². The van der Waals surface area contributed by atoms with Gasteiger partial charge < -0.3 is 15.8 Å². The SMILES string of the molecule is CCc1ccc(CNC(=O)C2(N)CCOCC2)s1.Cl. The Morgan fingerprint density at radius 3 is 2.63 bits per heavy atom. The van der Waals surface area contributed by atoms with Crippen LogP contribution in [0.15, 0.2) is 12.1 Å². The van der Waals surface area contributed by atoms with Crippen LogP contribution in [0.4, 0.5) is 0 Å². The molecule has 0 spiro atoms. The smallest absolute Gasteiger partial charge is 0.240 e. The number of thiophene rings is 1. The lowest BCUT2D eigenvalue weighted by molar-refractivity contribution is -0.129. The maximum atomic E-state index is 12.1. The van der Waals surface area contributed by atoms with Crippen molar-refractivity contribution in [2.24, 2.45) is 5.73 Å². The Bertz CT molecular complexity index is 417. The van der Waals surface area contributed by atoms with Gasteiger partial charge in [0.1, 0.15) is 0 Å². The van der Waals surface area contributed by atoms with Gasteiger partial charge in [-0.3, -0.25) is 4.79 Å². The van der Waals surface area contributed by atoms with Crippen molar-refractivity contribution in [3.8, 4) is 0 Å². The molecule has 0 bridgehead atoms. The van der Waals surface area contributed by atoms with E-state index >= 15 is 0 Å². The number of hydrogen-bond acceptors (Lipinski definition) is 4. The molecule has 6 heteroatoms.